The molecule has 0 heterocycles. The summed E-state index contributed by atoms with van der Waals surface area (Å²) in [5.41, 5.74) is 5.35. The molecule has 0 aliphatic carbocycles. The van der Waals surface area contributed by atoms with Gasteiger partial charge in [0.15, 0.2) is 0 Å². The average molecular weight is 273 g/mol. The Morgan fingerprint density at radius 2 is 1.63 bits per heavy atom. The molecule has 0 aromatic rings. The van der Waals surface area contributed by atoms with Crippen molar-refractivity contribution in [3.63, 3.8) is 0 Å². The number of carbonyl (C=O) groups excluding carboxylic acids is 1. The molecule has 1 atom stereocenters. The van der Waals surface area contributed by atoms with Crippen molar-refractivity contribution in [3.05, 3.63) is 0 Å². The molecule has 0 aliphatic rings. The molecule has 0 aromatic heterocycles. The van der Waals surface area contributed by atoms with Crippen LogP contribution >= 0.6 is 0 Å². The molecule has 5 nitrogen and oxygen atoms in total. The number of nitrogens with two attached hydrogens (primary N) is 1. The van der Waals surface area contributed by atoms with Gasteiger partial charge in [0.2, 0.25) is 0 Å². The van der Waals surface area contributed by atoms with Crippen LogP contribution in [0.2, 0.25) is 0 Å². The minimum Gasteiger partial charge on any atom is -0.480 e. The van der Waals surface area contributed by atoms with E-state index in [2.05, 4.69) is 13.8 Å². The van der Waals surface area contributed by atoms with Gasteiger partial charge in [0, 0.05) is 6.42 Å². The summed E-state index contributed by atoms with van der Waals surface area (Å²) in [6.45, 7) is 4.20. The SMILES string of the molecule is CCCCC(CCCC)OC(=O)CC[C@H](N)C(=O)O. The van der Waals surface area contributed by atoms with Crippen LogP contribution in [0, 0.1) is 0 Å². The van der Waals surface area contributed by atoms with Crippen LogP contribution in [0.5, 0.6) is 0 Å². The summed E-state index contributed by atoms with van der Waals surface area (Å²) in [6.07, 6.45) is 6.15. The Hall–Kier alpha value is -1.10. The van der Waals surface area contributed by atoms with Crippen molar-refractivity contribution in [2.45, 2.75) is 77.4 Å². The molecule has 0 amide bonds. The van der Waals surface area contributed by atoms with Crippen LogP contribution in [0.3, 0.4) is 0 Å². The molecule has 0 fully saturated rings. The number of carbonyl (C=O) groups is 2. The number of carboxylic acid groups (broad SMARTS) is 1. The Morgan fingerprint density at radius 1 is 1.11 bits per heavy atom. The molecule has 0 spiro atoms. The quantitative estimate of drug-likeness (QED) is 0.564. The maximum Gasteiger partial charge on any atom is 0.320 e. The monoisotopic (exact) mass is 273 g/mol. The lowest BCUT2D eigenvalue weighted by atomic mass is 10.1. The van der Waals surface area contributed by atoms with Crippen LogP contribution in [0.4, 0.5) is 0 Å². The molecule has 0 bridgehead atoms. The van der Waals surface area contributed by atoms with Crippen molar-refractivity contribution in [3.8, 4) is 0 Å². The number of hydrogen-bond acceptors (Lipinski definition) is 4. The van der Waals surface area contributed by atoms with Crippen LogP contribution in [-0.4, -0.2) is 29.2 Å². The molecule has 0 rings (SSSR count). The van der Waals surface area contributed by atoms with Gasteiger partial charge in [0.05, 0.1) is 0 Å². The van der Waals surface area contributed by atoms with Crippen molar-refractivity contribution in [2.24, 2.45) is 5.73 Å². The minimum absolute atomic E-state index is 0.0338. The lowest BCUT2D eigenvalue weighted by molar-refractivity contribution is -0.150. The zero-order valence-electron chi connectivity index (χ0n) is 12.1. The molecule has 0 aliphatic heterocycles. The predicted octanol–water partition coefficient (Wildman–Crippen LogP) is 2.47. The fraction of sp³-hybridized carbons (Fsp3) is 0.857. The van der Waals surface area contributed by atoms with Gasteiger partial charge in [-0.15, -0.1) is 0 Å². The van der Waals surface area contributed by atoms with E-state index in [4.69, 9.17) is 15.6 Å². The largest absolute Gasteiger partial charge is 0.480 e. The molecule has 112 valence electrons. The maximum atomic E-state index is 11.6. The third-order valence-corrected chi connectivity index (χ3v) is 3.03. The number of unbranched alkanes of at least 4 members (excludes halogenated alkanes) is 2. The third kappa shape index (κ3) is 9.47. The first-order chi connectivity index (χ1) is 9.01. The van der Waals surface area contributed by atoms with Crippen LogP contribution in [0.15, 0.2) is 0 Å². The second-order valence-electron chi connectivity index (χ2n) is 4.88. The standard InChI is InChI=1S/C14H27NO4/c1-3-5-7-11(8-6-4-2)19-13(16)10-9-12(15)14(17)18/h11-12H,3-10,15H2,1-2H3,(H,17,18)/t12-/m0/s1. The third-order valence-electron chi connectivity index (χ3n) is 3.03. The zero-order chi connectivity index (χ0) is 14.7. The molecule has 0 saturated carbocycles. The minimum atomic E-state index is -1.08. The highest BCUT2D eigenvalue weighted by Gasteiger charge is 2.17. The second-order valence-corrected chi connectivity index (χ2v) is 4.88. The number of aliphatic carboxylic acids is 1. The average Bonchev–Trinajstić information content (AvgIpc) is 2.38. The lowest BCUT2D eigenvalue weighted by Gasteiger charge is -2.17. The smallest absolute Gasteiger partial charge is 0.320 e. The molecule has 5 heteroatoms. The van der Waals surface area contributed by atoms with Crippen LogP contribution in [0.1, 0.15) is 65.2 Å². The number of esters is 1. The van der Waals surface area contributed by atoms with E-state index in [1.807, 2.05) is 0 Å². The van der Waals surface area contributed by atoms with E-state index in [1.54, 1.807) is 0 Å². The summed E-state index contributed by atoms with van der Waals surface area (Å²) in [6, 6.07) is -0.989. The normalized spacial score (nSPS) is 12.4. The van der Waals surface area contributed by atoms with Gasteiger partial charge in [0.1, 0.15) is 12.1 Å². The first kappa shape index (κ1) is 17.9. The van der Waals surface area contributed by atoms with Gasteiger partial charge in [-0.2, -0.15) is 0 Å². The summed E-state index contributed by atoms with van der Waals surface area (Å²) < 4.78 is 5.40. The Bertz CT molecular complexity index is 260. The number of rotatable bonds is 11. The first-order valence-electron chi connectivity index (χ1n) is 7.19. The highest BCUT2D eigenvalue weighted by atomic mass is 16.5. The molecule has 0 radical (unpaired) electrons. The molecule has 0 unspecified atom stereocenters. The number of ether oxygens (including phenoxy) is 1. The fourth-order valence-corrected chi connectivity index (χ4v) is 1.77. The van der Waals surface area contributed by atoms with E-state index in [0.29, 0.717) is 0 Å². The van der Waals surface area contributed by atoms with E-state index >= 15 is 0 Å². The molecule has 3 N–H and O–H groups in total. The van der Waals surface area contributed by atoms with Gasteiger partial charge in [-0.3, -0.25) is 9.59 Å². The highest BCUT2D eigenvalue weighted by Crippen LogP contribution is 2.14. The van der Waals surface area contributed by atoms with Crippen LogP contribution in [-0.2, 0) is 14.3 Å². The van der Waals surface area contributed by atoms with Crippen molar-refractivity contribution >= 4 is 11.9 Å². The van der Waals surface area contributed by atoms with E-state index in [0.717, 1.165) is 38.5 Å². The molecule has 0 saturated heterocycles. The molecule has 19 heavy (non-hydrogen) atoms. The van der Waals surface area contributed by atoms with E-state index in [-0.39, 0.29) is 24.9 Å². The van der Waals surface area contributed by atoms with Gasteiger partial charge in [0.25, 0.3) is 0 Å². The Kier molecular flexibility index (Phi) is 10.2. The molecule has 0 aromatic carbocycles. The van der Waals surface area contributed by atoms with Crippen molar-refractivity contribution in [1.29, 1.82) is 0 Å². The Morgan fingerprint density at radius 3 is 2.05 bits per heavy atom. The predicted molar refractivity (Wildman–Crippen MR) is 73.8 cm³/mol. The number of carboxylic acids is 1. The van der Waals surface area contributed by atoms with Crippen LogP contribution in [0.25, 0.3) is 0 Å². The summed E-state index contributed by atoms with van der Waals surface area (Å²) in [7, 11) is 0. The van der Waals surface area contributed by atoms with Gasteiger partial charge < -0.3 is 15.6 Å². The summed E-state index contributed by atoms with van der Waals surface area (Å²) >= 11 is 0. The van der Waals surface area contributed by atoms with Gasteiger partial charge in [-0.1, -0.05) is 39.5 Å². The van der Waals surface area contributed by atoms with Crippen molar-refractivity contribution < 1.29 is 19.4 Å². The maximum absolute atomic E-state index is 11.6. The topological polar surface area (TPSA) is 89.6 Å². The lowest BCUT2D eigenvalue weighted by Crippen LogP contribution is -2.31. The molecular weight excluding hydrogens is 246 g/mol. The zero-order valence-corrected chi connectivity index (χ0v) is 12.1. The van der Waals surface area contributed by atoms with Crippen molar-refractivity contribution in [2.75, 3.05) is 0 Å². The van der Waals surface area contributed by atoms with Crippen molar-refractivity contribution in [1.82, 2.24) is 0 Å². The Balaban J connectivity index is 4.03. The van der Waals surface area contributed by atoms with E-state index < -0.39 is 12.0 Å². The summed E-state index contributed by atoms with van der Waals surface area (Å²) in [5, 5.41) is 8.63. The highest BCUT2D eigenvalue weighted by molar-refractivity contribution is 5.75. The first-order valence-corrected chi connectivity index (χ1v) is 7.19. The van der Waals surface area contributed by atoms with E-state index in [9.17, 15) is 9.59 Å². The second kappa shape index (κ2) is 10.8. The number of hydrogen-bond donors (Lipinski definition) is 2. The summed E-state index contributed by atoms with van der Waals surface area (Å²) in [5.74, 6) is -1.42. The van der Waals surface area contributed by atoms with E-state index in [1.165, 1.54) is 0 Å². The van der Waals surface area contributed by atoms with Gasteiger partial charge >= 0.3 is 11.9 Å². The van der Waals surface area contributed by atoms with Gasteiger partial charge in [-0.05, 0) is 19.3 Å². The fourth-order valence-electron chi connectivity index (χ4n) is 1.77. The molecular formula is C14H27NO4. The Labute approximate surface area is 115 Å². The summed E-state index contributed by atoms with van der Waals surface area (Å²) in [4.78, 5) is 22.2. The van der Waals surface area contributed by atoms with Gasteiger partial charge in [-0.25, -0.2) is 0 Å². The van der Waals surface area contributed by atoms with Crippen LogP contribution < -0.4 is 5.73 Å².